The molecule has 6 nitrogen and oxygen atoms in total. The summed E-state index contributed by atoms with van der Waals surface area (Å²) in [5, 5.41) is 11.6. The number of anilines is 2. The fourth-order valence-corrected chi connectivity index (χ4v) is 3.42. The quantitative estimate of drug-likeness (QED) is 0.678. The molecule has 1 amide bonds. The first kappa shape index (κ1) is 18.9. The highest BCUT2D eigenvalue weighted by Gasteiger charge is 2.14. The van der Waals surface area contributed by atoms with Gasteiger partial charge in [-0.05, 0) is 68.3 Å². The van der Waals surface area contributed by atoms with Crippen LogP contribution in [0.4, 0.5) is 11.5 Å². The fraction of sp³-hybridized carbons (Fsp3) is 0.261. The van der Waals surface area contributed by atoms with E-state index in [4.69, 9.17) is 4.74 Å². The number of benzene rings is 2. The van der Waals surface area contributed by atoms with Crippen LogP contribution in [0.25, 0.3) is 11.3 Å². The number of nitrogens with one attached hydrogen (secondary N) is 1. The molecule has 0 bridgehead atoms. The van der Waals surface area contributed by atoms with Gasteiger partial charge in [0.05, 0.1) is 12.3 Å². The molecule has 1 fully saturated rings. The standard InChI is InChI=1S/C23H24N4O2/c1-2-29-20-10-8-19(9-11-20)24-23(28)18-7-5-6-17(16-18)21-12-13-22(26-25-21)27-14-3-4-15-27/h5-13,16H,2-4,14-15H2,1H3,(H,24,28). The van der Waals surface area contributed by atoms with Crippen molar-refractivity contribution in [2.75, 3.05) is 29.9 Å². The maximum Gasteiger partial charge on any atom is 0.255 e. The second-order valence-corrected chi connectivity index (χ2v) is 6.96. The Balaban J connectivity index is 1.47. The summed E-state index contributed by atoms with van der Waals surface area (Å²) < 4.78 is 5.43. The SMILES string of the molecule is CCOc1ccc(NC(=O)c2cccc(-c3ccc(N4CCCC4)nn3)c2)cc1. The molecule has 0 aliphatic carbocycles. The molecule has 1 saturated heterocycles. The summed E-state index contributed by atoms with van der Waals surface area (Å²) in [6.07, 6.45) is 2.41. The molecule has 4 rings (SSSR count). The fourth-order valence-electron chi connectivity index (χ4n) is 3.42. The minimum Gasteiger partial charge on any atom is -0.494 e. The number of aromatic nitrogens is 2. The van der Waals surface area contributed by atoms with Crippen LogP contribution in [-0.4, -0.2) is 35.8 Å². The van der Waals surface area contributed by atoms with Gasteiger partial charge in [-0.25, -0.2) is 0 Å². The summed E-state index contributed by atoms with van der Waals surface area (Å²) in [6.45, 7) is 4.62. The van der Waals surface area contributed by atoms with Crippen LogP contribution >= 0.6 is 0 Å². The van der Waals surface area contributed by atoms with Gasteiger partial charge in [0.15, 0.2) is 5.82 Å². The van der Waals surface area contributed by atoms with E-state index >= 15 is 0 Å². The summed E-state index contributed by atoms with van der Waals surface area (Å²) in [5.74, 6) is 1.52. The minimum absolute atomic E-state index is 0.169. The number of ether oxygens (including phenoxy) is 1. The lowest BCUT2D eigenvalue weighted by Crippen LogP contribution is -2.19. The van der Waals surface area contributed by atoms with Crippen molar-refractivity contribution in [2.45, 2.75) is 19.8 Å². The molecule has 29 heavy (non-hydrogen) atoms. The number of hydrogen-bond acceptors (Lipinski definition) is 5. The molecule has 2 aromatic carbocycles. The normalized spacial score (nSPS) is 13.3. The van der Waals surface area contributed by atoms with E-state index in [1.165, 1.54) is 12.8 Å². The van der Waals surface area contributed by atoms with Crippen molar-refractivity contribution in [3.05, 3.63) is 66.2 Å². The van der Waals surface area contributed by atoms with E-state index < -0.39 is 0 Å². The largest absolute Gasteiger partial charge is 0.494 e. The van der Waals surface area contributed by atoms with E-state index in [1.54, 1.807) is 6.07 Å². The Bertz CT molecular complexity index is 965. The van der Waals surface area contributed by atoms with Gasteiger partial charge >= 0.3 is 0 Å². The van der Waals surface area contributed by atoms with E-state index in [1.807, 2.05) is 61.5 Å². The highest BCUT2D eigenvalue weighted by molar-refractivity contribution is 6.04. The molecule has 0 atom stereocenters. The Morgan fingerprint density at radius 3 is 2.52 bits per heavy atom. The molecular weight excluding hydrogens is 364 g/mol. The molecule has 3 aromatic rings. The third-order valence-electron chi connectivity index (χ3n) is 4.92. The Labute approximate surface area is 170 Å². The van der Waals surface area contributed by atoms with Crippen molar-refractivity contribution in [3.8, 4) is 17.0 Å². The zero-order chi connectivity index (χ0) is 20.1. The van der Waals surface area contributed by atoms with Crippen LogP contribution in [0.15, 0.2) is 60.7 Å². The van der Waals surface area contributed by atoms with Crippen molar-refractivity contribution in [1.29, 1.82) is 0 Å². The van der Waals surface area contributed by atoms with Crippen LogP contribution in [0.1, 0.15) is 30.1 Å². The predicted octanol–water partition coefficient (Wildman–Crippen LogP) is 4.39. The third kappa shape index (κ3) is 4.54. The molecule has 0 unspecified atom stereocenters. The first-order valence-electron chi connectivity index (χ1n) is 9.96. The summed E-state index contributed by atoms with van der Waals surface area (Å²) in [4.78, 5) is 14.9. The third-order valence-corrected chi connectivity index (χ3v) is 4.92. The Kier molecular flexibility index (Phi) is 5.70. The van der Waals surface area contributed by atoms with Crippen LogP contribution in [0.5, 0.6) is 5.75 Å². The molecule has 6 heteroatoms. The molecule has 1 N–H and O–H groups in total. The summed E-state index contributed by atoms with van der Waals surface area (Å²) >= 11 is 0. The first-order chi connectivity index (χ1) is 14.2. The van der Waals surface area contributed by atoms with Gasteiger partial charge in [0.1, 0.15) is 5.75 Å². The minimum atomic E-state index is -0.169. The van der Waals surface area contributed by atoms with Gasteiger partial charge in [0, 0.05) is 29.9 Å². The second-order valence-electron chi connectivity index (χ2n) is 6.96. The Morgan fingerprint density at radius 2 is 1.83 bits per heavy atom. The smallest absolute Gasteiger partial charge is 0.255 e. The Hall–Kier alpha value is -3.41. The zero-order valence-electron chi connectivity index (χ0n) is 16.5. The topological polar surface area (TPSA) is 67.3 Å². The highest BCUT2D eigenvalue weighted by Crippen LogP contribution is 2.22. The average Bonchev–Trinajstić information content (AvgIpc) is 3.30. The maximum absolute atomic E-state index is 12.7. The van der Waals surface area contributed by atoms with Crippen molar-refractivity contribution in [1.82, 2.24) is 10.2 Å². The predicted molar refractivity (Wildman–Crippen MR) is 114 cm³/mol. The van der Waals surface area contributed by atoms with Crippen molar-refractivity contribution >= 4 is 17.4 Å². The summed E-state index contributed by atoms with van der Waals surface area (Å²) in [6, 6.07) is 18.7. The molecule has 0 saturated carbocycles. The van der Waals surface area contributed by atoms with Crippen LogP contribution in [-0.2, 0) is 0 Å². The lowest BCUT2D eigenvalue weighted by Gasteiger charge is -2.15. The number of rotatable bonds is 6. The summed E-state index contributed by atoms with van der Waals surface area (Å²) in [7, 11) is 0. The van der Waals surface area contributed by atoms with E-state index in [9.17, 15) is 4.79 Å². The molecule has 1 aliphatic rings. The molecule has 0 radical (unpaired) electrons. The van der Waals surface area contributed by atoms with Gasteiger partial charge in [-0.2, -0.15) is 0 Å². The molecule has 1 aromatic heterocycles. The zero-order valence-corrected chi connectivity index (χ0v) is 16.5. The second kappa shape index (κ2) is 8.73. The van der Waals surface area contributed by atoms with Crippen LogP contribution in [0, 0.1) is 0 Å². The lowest BCUT2D eigenvalue weighted by atomic mass is 10.1. The highest BCUT2D eigenvalue weighted by atomic mass is 16.5. The van der Waals surface area contributed by atoms with Crippen LogP contribution in [0.3, 0.4) is 0 Å². The van der Waals surface area contributed by atoms with Crippen molar-refractivity contribution in [3.63, 3.8) is 0 Å². The Morgan fingerprint density at radius 1 is 1.03 bits per heavy atom. The summed E-state index contributed by atoms with van der Waals surface area (Å²) in [5.41, 5.74) is 2.91. The van der Waals surface area contributed by atoms with Gasteiger partial charge in [-0.1, -0.05) is 12.1 Å². The number of hydrogen-bond donors (Lipinski definition) is 1. The lowest BCUT2D eigenvalue weighted by molar-refractivity contribution is 0.102. The average molecular weight is 388 g/mol. The van der Waals surface area contributed by atoms with Gasteiger partial charge in [-0.3, -0.25) is 4.79 Å². The van der Waals surface area contributed by atoms with Crippen LogP contribution in [0.2, 0.25) is 0 Å². The van der Waals surface area contributed by atoms with E-state index in [0.717, 1.165) is 41.6 Å². The molecule has 1 aliphatic heterocycles. The van der Waals surface area contributed by atoms with Crippen LogP contribution < -0.4 is 15.0 Å². The molecular formula is C23H24N4O2. The molecule has 0 spiro atoms. The van der Waals surface area contributed by atoms with Gasteiger partial charge in [0.2, 0.25) is 0 Å². The van der Waals surface area contributed by atoms with Crippen molar-refractivity contribution < 1.29 is 9.53 Å². The van der Waals surface area contributed by atoms with E-state index in [0.29, 0.717) is 12.2 Å². The number of nitrogens with zero attached hydrogens (tertiary/aromatic N) is 3. The number of carbonyl (C=O) groups is 1. The number of amides is 1. The van der Waals surface area contributed by atoms with Gasteiger partial charge in [-0.15, -0.1) is 10.2 Å². The first-order valence-corrected chi connectivity index (χ1v) is 9.96. The van der Waals surface area contributed by atoms with Gasteiger partial charge in [0.25, 0.3) is 5.91 Å². The molecule has 148 valence electrons. The van der Waals surface area contributed by atoms with E-state index in [2.05, 4.69) is 20.4 Å². The monoisotopic (exact) mass is 388 g/mol. The maximum atomic E-state index is 12.7. The van der Waals surface area contributed by atoms with Crippen molar-refractivity contribution in [2.24, 2.45) is 0 Å². The van der Waals surface area contributed by atoms with Gasteiger partial charge < -0.3 is 15.0 Å². The van der Waals surface area contributed by atoms with E-state index in [-0.39, 0.29) is 5.91 Å². The molecule has 2 heterocycles. The number of carbonyl (C=O) groups excluding carboxylic acids is 1.